The van der Waals surface area contributed by atoms with Crippen molar-refractivity contribution in [2.24, 2.45) is 0 Å². The first-order valence-corrected chi connectivity index (χ1v) is 6.68. The van der Waals surface area contributed by atoms with Crippen LogP contribution in [0, 0.1) is 0 Å². The number of anilines is 1. The maximum Gasteiger partial charge on any atom is 0.242 e. The van der Waals surface area contributed by atoms with E-state index in [1.54, 1.807) is 6.92 Å². The largest absolute Gasteiger partial charge is 0.376 e. The third-order valence-corrected chi connectivity index (χ3v) is 2.50. The van der Waals surface area contributed by atoms with Crippen molar-refractivity contribution in [3.05, 3.63) is 30.3 Å². The lowest BCUT2D eigenvalue weighted by Crippen LogP contribution is -2.51. The van der Waals surface area contributed by atoms with E-state index in [9.17, 15) is 9.59 Å². The maximum absolute atomic E-state index is 11.8. The molecule has 0 fully saturated rings. The van der Waals surface area contributed by atoms with Gasteiger partial charge < -0.3 is 16.0 Å². The van der Waals surface area contributed by atoms with Crippen LogP contribution in [0.1, 0.15) is 27.7 Å². The van der Waals surface area contributed by atoms with Gasteiger partial charge in [-0.15, -0.1) is 0 Å². The molecule has 1 aromatic rings. The van der Waals surface area contributed by atoms with E-state index < -0.39 is 6.04 Å². The van der Waals surface area contributed by atoms with Gasteiger partial charge in [-0.1, -0.05) is 18.2 Å². The topological polar surface area (TPSA) is 70.2 Å². The number of carbonyl (C=O) groups is 2. The summed E-state index contributed by atoms with van der Waals surface area (Å²) in [5.41, 5.74) is 0.563. The zero-order valence-corrected chi connectivity index (χ0v) is 12.5. The Labute approximate surface area is 120 Å². The SMILES string of the molecule is CC(NC(=O)CNc1ccccc1)C(=O)NC(C)(C)C. The molecule has 1 aromatic carbocycles. The summed E-state index contributed by atoms with van der Waals surface area (Å²) >= 11 is 0. The minimum atomic E-state index is -0.556. The first kappa shape index (κ1) is 16.0. The van der Waals surface area contributed by atoms with E-state index in [0.29, 0.717) is 0 Å². The van der Waals surface area contributed by atoms with E-state index >= 15 is 0 Å². The highest BCUT2D eigenvalue weighted by Crippen LogP contribution is 2.03. The molecule has 0 aliphatic carbocycles. The van der Waals surface area contributed by atoms with Crippen LogP contribution in [0.5, 0.6) is 0 Å². The molecular formula is C15H23N3O2. The summed E-state index contributed by atoms with van der Waals surface area (Å²) in [6.07, 6.45) is 0. The molecule has 0 saturated carbocycles. The van der Waals surface area contributed by atoms with Crippen LogP contribution in [0.15, 0.2) is 30.3 Å². The Hall–Kier alpha value is -2.04. The number of rotatable bonds is 5. The van der Waals surface area contributed by atoms with Gasteiger partial charge in [-0.25, -0.2) is 0 Å². The second kappa shape index (κ2) is 6.93. The summed E-state index contributed by atoms with van der Waals surface area (Å²) in [6.45, 7) is 7.50. The quantitative estimate of drug-likeness (QED) is 0.764. The molecule has 1 unspecified atom stereocenters. The Balaban J connectivity index is 2.36. The van der Waals surface area contributed by atoms with Gasteiger partial charge >= 0.3 is 0 Å². The highest BCUT2D eigenvalue weighted by atomic mass is 16.2. The van der Waals surface area contributed by atoms with E-state index in [2.05, 4.69) is 16.0 Å². The van der Waals surface area contributed by atoms with E-state index in [1.807, 2.05) is 51.1 Å². The molecule has 20 heavy (non-hydrogen) atoms. The summed E-state index contributed by atoms with van der Waals surface area (Å²) in [6, 6.07) is 8.88. The van der Waals surface area contributed by atoms with Crippen LogP contribution in [-0.4, -0.2) is 29.9 Å². The predicted molar refractivity (Wildman–Crippen MR) is 80.4 cm³/mol. The molecule has 3 N–H and O–H groups in total. The predicted octanol–water partition coefficient (Wildman–Crippen LogP) is 1.52. The van der Waals surface area contributed by atoms with Gasteiger partial charge in [0.2, 0.25) is 11.8 Å². The maximum atomic E-state index is 11.8. The third-order valence-electron chi connectivity index (χ3n) is 2.50. The molecule has 1 atom stereocenters. The lowest BCUT2D eigenvalue weighted by atomic mass is 10.1. The number of benzene rings is 1. The second-order valence-electron chi connectivity index (χ2n) is 5.75. The van der Waals surface area contributed by atoms with Crippen LogP contribution in [0.25, 0.3) is 0 Å². The zero-order valence-electron chi connectivity index (χ0n) is 12.5. The van der Waals surface area contributed by atoms with E-state index in [4.69, 9.17) is 0 Å². The Morgan fingerprint density at radius 1 is 1.15 bits per heavy atom. The molecule has 0 radical (unpaired) electrons. The van der Waals surface area contributed by atoms with Gasteiger partial charge in [-0.3, -0.25) is 9.59 Å². The summed E-state index contributed by atoms with van der Waals surface area (Å²) < 4.78 is 0. The molecule has 0 saturated heterocycles. The van der Waals surface area contributed by atoms with Crippen LogP contribution >= 0.6 is 0 Å². The van der Waals surface area contributed by atoms with Gasteiger partial charge in [0.1, 0.15) is 6.04 Å². The van der Waals surface area contributed by atoms with Crippen molar-refractivity contribution in [2.45, 2.75) is 39.3 Å². The van der Waals surface area contributed by atoms with Crippen molar-refractivity contribution in [1.29, 1.82) is 0 Å². The van der Waals surface area contributed by atoms with Crippen LogP contribution in [0.4, 0.5) is 5.69 Å². The summed E-state index contributed by atoms with van der Waals surface area (Å²) in [5, 5.41) is 8.48. The number of nitrogens with one attached hydrogen (secondary N) is 3. The van der Waals surface area contributed by atoms with Gasteiger partial charge in [0.25, 0.3) is 0 Å². The smallest absolute Gasteiger partial charge is 0.242 e. The molecule has 2 amide bonds. The molecule has 5 nitrogen and oxygen atoms in total. The average Bonchev–Trinajstić information content (AvgIpc) is 2.35. The van der Waals surface area contributed by atoms with Crippen molar-refractivity contribution >= 4 is 17.5 Å². The van der Waals surface area contributed by atoms with Crippen LogP contribution in [0.2, 0.25) is 0 Å². The van der Waals surface area contributed by atoms with Gasteiger partial charge in [-0.2, -0.15) is 0 Å². The molecule has 0 aliphatic heterocycles. The third kappa shape index (κ3) is 6.22. The molecule has 0 aromatic heterocycles. The number of hydrogen-bond acceptors (Lipinski definition) is 3. The Morgan fingerprint density at radius 2 is 1.75 bits per heavy atom. The van der Waals surface area contributed by atoms with Crippen LogP contribution in [-0.2, 0) is 9.59 Å². The normalized spacial score (nSPS) is 12.4. The fourth-order valence-electron chi connectivity index (χ4n) is 1.57. The van der Waals surface area contributed by atoms with Crippen molar-refractivity contribution < 1.29 is 9.59 Å². The van der Waals surface area contributed by atoms with Gasteiger partial charge in [0.15, 0.2) is 0 Å². The summed E-state index contributed by atoms with van der Waals surface area (Å²) in [5.74, 6) is -0.407. The van der Waals surface area contributed by atoms with Crippen molar-refractivity contribution in [2.75, 3.05) is 11.9 Å². The minimum absolute atomic E-state index is 0.136. The fraction of sp³-hybridized carbons (Fsp3) is 0.467. The molecule has 0 bridgehead atoms. The number of para-hydroxylation sites is 1. The molecule has 1 rings (SSSR count). The van der Waals surface area contributed by atoms with Crippen molar-refractivity contribution in [1.82, 2.24) is 10.6 Å². The molecule has 0 aliphatic rings. The van der Waals surface area contributed by atoms with E-state index in [1.165, 1.54) is 0 Å². The molecule has 110 valence electrons. The Kier molecular flexibility index (Phi) is 5.55. The minimum Gasteiger partial charge on any atom is -0.376 e. The standard InChI is InChI=1S/C15H23N3O2/c1-11(14(20)18-15(2,3)4)17-13(19)10-16-12-8-6-5-7-9-12/h5-9,11,16H,10H2,1-4H3,(H,17,19)(H,18,20). The second-order valence-corrected chi connectivity index (χ2v) is 5.75. The Bertz CT molecular complexity index is 452. The zero-order chi connectivity index (χ0) is 15.2. The highest BCUT2D eigenvalue weighted by molar-refractivity contribution is 5.89. The number of carbonyl (C=O) groups excluding carboxylic acids is 2. The monoisotopic (exact) mass is 277 g/mol. The van der Waals surface area contributed by atoms with Gasteiger partial charge in [-0.05, 0) is 39.8 Å². The summed E-state index contributed by atoms with van der Waals surface area (Å²) in [7, 11) is 0. The lowest BCUT2D eigenvalue weighted by Gasteiger charge is -2.23. The number of hydrogen-bond donors (Lipinski definition) is 3. The van der Waals surface area contributed by atoms with Crippen molar-refractivity contribution in [3.8, 4) is 0 Å². The summed E-state index contributed by atoms with van der Waals surface area (Å²) in [4.78, 5) is 23.6. The van der Waals surface area contributed by atoms with E-state index in [-0.39, 0.29) is 23.9 Å². The van der Waals surface area contributed by atoms with Crippen LogP contribution < -0.4 is 16.0 Å². The van der Waals surface area contributed by atoms with Gasteiger partial charge in [0.05, 0.1) is 6.54 Å². The van der Waals surface area contributed by atoms with E-state index in [0.717, 1.165) is 5.69 Å². The molecule has 0 spiro atoms. The first-order valence-electron chi connectivity index (χ1n) is 6.68. The van der Waals surface area contributed by atoms with Crippen molar-refractivity contribution in [3.63, 3.8) is 0 Å². The average molecular weight is 277 g/mol. The lowest BCUT2D eigenvalue weighted by molar-refractivity contribution is -0.128. The molecular weight excluding hydrogens is 254 g/mol. The number of amides is 2. The van der Waals surface area contributed by atoms with Crippen LogP contribution in [0.3, 0.4) is 0 Å². The molecule has 5 heteroatoms. The fourth-order valence-corrected chi connectivity index (χ4v) is 1.57. The first-order chi connectivity index (χ1) is 9.28. The van der Waals surface area contributed by atoms with Gasteiger partial charge in [0, 0.05) is 11.2 Å². The molecule has 0 heterocycles. The Morgan fingerprint density at radius 3 is 2.30 bits per heavy atom. The highest BCUT2D eigenvalue weighted by Gasteiger charge is 2.20.